The molecule has 2 aromatic rings. The van der Waals surface area contributed by atoms with Crippen LogP contribution < -0.4 is 4.74 Å². The second-order valence-electron chi connectivity index (χ2n) is 6.54. The van der Waals surface area contributed by atoms with Crippen molar-refractivity contribution in [2.24, 2.45) is 0 Å². The lowest BCUT2D eigenvalue weighted by Gasteiger charge is -2.21. The van der Waals surface area contributed by atoms with Crippen LogP contribution in [0.4, 0.5) is 4.39 Å². The zero-order chi connectivity index (χ0) is 18.2. The van der Waals surface area contributed by atoms with Gasteiger partial charge in [-0.05, 0) is 32.0 Å². The van der Waals surface area contributed by atoms with Gasteiger partial charge in [0.2, 0.25) is 0 Å². The van der Waals surface area contributed by atoms with E-state index in [1.165, 1.54) is 24.1 Å². The van der Waals surface area contributed by atoms with Crippen LogP contribution in [0.3, 0.4) is 0 Å². The van der Waals surface area contributed by atoms with E-state index in [0.717, 1.165) is 6.07 Å². The Kier molecular flexibility index (Phi) is 4.47. The Morgan fingerprint density at radius 3 is 2.80 bits per heavy atom. The first-order valence-electron chi connectivity index (χ1n) is 8.11. The number of hydrogen-bond acceptors (Lipinski definition) is 5. The first-order valence-corrected chi connectivity index (χ1v) is 8.11. The molecule has 0 aliphatic carbocycles. The predicted octanol–water partition coefficient (Wildman–Crippen LogP) is 1.74. The first kappa shape index (κ1) is 17.3. The molecule has 1 atom stereocenters. The number of ether oxygens (including phenoxy) is 1. The second-order valence-corrected chi connectivity index (χ2v) is 6.54. The molecule has 0 radical (unpaired) electrons. The normalized spacial score (nSPS) is 20.3. The van der Waals surface area contributed by atoms with Crippen LogP contribution in [0.25, 0.3) is 0 Å². The van der Waals surface area contributed by atoms with Gasteiger partial charge >= 0.3 is 0 Å². The van der Waals surface area contributed by atoms with Crippen LogP contribution in [0.5, 0.6) is 5.75 Å². The summed E-state index contributed by atoms with van der Waals surface area (Å²) in [7, 11) is 1.37. The van der Waals surface area contributed by atoms with Crippen molar-refractivity contribution in [1.82, 2.24) is 19.9 Å². The Morgan fingerprint density at radius 1 is 1.44 bits per heavy atom. The molecule has 134 valence electrons. The molecule has 1 aliphatic rings. The largest absolute Gasteiger partial charge is 0.494 e. The summed E-state index contributed by atoms with van der Waals surface area (Å²) < 4.78 is 20.4. The molecule has 0 unspecified atom stereocenters. The first-order chi connectivity index (χ1) is 11.8. The number of methoxy groups -OCH3 is 1. The quantitative estimate of drug-likeness (QED) is 0.910. The van der Waals surface area contributed by atoms with Crippen LogP contribution in [0, 0.1) is 5.82 Å². The van der Waals surface area contributed by atoms with E-state index in [1.54, 1.807) is 10.9 Å². The van der Waals surface area contributed by atoms with Gasteiger partial charge in [-0.3, -0.25) is 4.79 Å². The minimum atomic E-state index is -1.24. The Labute approximate surface area is 145 Å². The summed E-state index contributed by atoms with van der Waals surface area (Å²) in [5.41, 5.74) is -0.584. The number of rotatable bonds is 4. The minimum absolute atomic E-state index is 0.0831. The van der Waals surface area contributed by atoms with Gasteiger partial charge in [0, 0.05) is 24.6 Å². The predicted molar refractivity (Wildman–Crippen MR) is 87.8 cm³/mol. The molecular weight excluding hydrogens is 327 g/mol. The van der Waals surface area contributed by atoms with E-state index < -0.39 is 11.4 Å². The molecule has 0 bridgehead atoms. The highest BCUT2D eigenvalue weighted by Gasteiger charge is 2.42. The highest BCUT2D eigenvalue weighted by molar-refractivity contribution is 5.94. The van der Waals surface area contributed by atoms with E-state index in [-0.39, 0.29) is 29.8 Å². The van der Waals surface area contributed by atoms with Crippen LogP contribution >= 0.6 is 0 Å². The summed E-state index contributed by atoms with van der Waals surface area (Å²) in [4.78, 5) is 14.1. The molecule has 3 rings (SSSR count). The molecule has 1 aromatic carbocycles. The number of carbonyl (C=O) groups excluding carboxylic acids is 1. The number of aliphatic hydroxyl groups is 1. The molecular formula is C17H21FN4O3. The summed E-state index contributed by atoms with van der Waals surface area (Å²) in [6, 6.07) is 4.20. The van der Waals surface area contributed by atoms with Crippen LogP contribution in [-0.4, -0.2) is 51.1 Å². The summed E-state index contributed by atoms with van der Waals surface area (Å²) in [5, 5.41) is 18.9. The Hall–Kier alpha value is -2.48. The number of amides is 1. The summed E-state index contributed by atoms with van der Waals surface area (Å²) in [6.07, 6.45) is 2.06. The van der Waals surface area contributed by atoms with Crippen molar-refractivity contribution in [3.8, 4) is 5.75 Å². The average molecular weight is 348 g/mol. The molecule has 1 amide bonds. The number of benzene rings is 1. The lowest BCUT2D eigenvalue weighted by Crippen LogP contribution is -2.34. The van der Waals surface area contributed by atoms with E-state index in [1.807, 2.05) is 13.8 Å². The van der Waals surface area contributed by atoms with Crippen molar-refractivity contribution in [3.63, 3.8) is 0 Å². The zero-order valence-electron chi connectivity index (χ0n) is 14.4. The second kappa shape index (κ2) is 6.44. The van der Waals surface area contributed by atoms with E-state index >= 15 is 0 Å². The van der Waals surface area contributed by atoms with E-state index in [9.17, 15) is 14.3 Å². The van der Waals surface area contributed by atoms with E-state index in [0.29, 0.717) is 18.7 Å². The summed E-state index contributed by atoms with van der Waals surface area (Å²) in [5.74, 6) is -0.851. The molecule has 2 heterocycles. The zero-order valence-corrected chi connectivity index (χ0v) is 14.4. The number of carbonyl (C=O) groups is 1. The van der Waals surface area contributed by atoms with Gasteiger partial charge in [0.15, 0.2) is 11.6 Å². The van der Waals surface area contributed by atoms with Gasteiger partial charge in [-0.2, -0.15) is 0 Å². The topological polar surface area (TPSA) is 80.5 Å². The van der Waals surface area contributed by atoms with Crippen molar-refractivity contribution in [2.45, 2.75) is 31.9 Å². The maximum Gasteiger partial charge on any atom is 0.254 e. The van der Waals surface area contributed by atoms with Gasteiger partial charge < -0.3 is 14.7 Å². The number of halogens is 1. The Balaban J connectivity index is 1.77. The van der Waals surface area contributed by atoms with E-state index in [2.05, 4.69) is 10.3 Å². The number of β-amino-alcohol motifs (C(OH)–C–C–N with tert-alkyl or cyclic N) is 1. The fourth-order valence-corrected chi connectivity index (χ4v) is 2.90. The number of aromatic nitrogens is 3. The number of nitrogens with zero attached hydrogens (tertiary/aromatic N) is 4. The number of hydrogen-bond donors (Lipinski definition) is 1. The maximum atomic E-state index is 13.8. The van der Waals surface area contributed by atoms with Gasteiger partial charge in [0.25, 0.3) is 5.91 Å². The highest BCUT2D eigenvalue weighted by Crippen LogP contribution is 2.32. The lowest BCUT2D eigenvalue weighted by molar-refractivity contribution is 0.0381. The van der Waals surface area contributed by atoms with Crippen molar-refractivity contribution >= 4 is 5.91 Å². The highest BCUT2D eigenvalue weighted by atomic mass is 19.1. The smallest absolute Gasteiger partial charge is 0.254 e. The molecule has 8 heteroatoms. The third kappa shape index (κ3) is 3.21. The van der Waals surface area contributed by atoms with Crippen LogP contribution in [0.2, 0.25) is 0 Å². The fraction of sp³-hybridized carbons (Fsp3) is 0.471. The SMILES string of the molecule is COc1ccc(C(=O)N2CC[C@](O)(c3cn(C(C)C)nn3)C2)cc1F. The molecule has 0 saturated carbocycles. The van der Waals surface area contributed by atoms with Crippen molar-refractivity contribution in [2.75, 3.05) is 20.2 Å². The monoisotopic (exact) mass is 348 g/mol. The van der Waals surface area contributed by atoms with Crippen LogP contribution in [0.15, 0.2) is 24.4 Å². The maximum absolute atomic E-state index is 13.8. The standard InChI is InChI=1S/C17H21FN4O3/c1-11(2)22-9-15(19-20-22)17(24)6-7-21(10-17)16(23)12-4-5-14(25-3)13(18)8-12/h4-5,8-9,11,24H,6-7,10H2,1-3H3/t17-/m1/s1. The average Bonchev–Trinajstić information content (AvgIpc) is 3.22. The van der Waals surface area contributed by atoms with Crippen LogP contribution in [0.1, 0.15) is 42.4 Å². The Morgan fingerprint density at radius 2 is 2.20 bits per heavy atom. The molecule has 7 nitrogen and oxygen atoms in total. The number of likely N-dealkylation sites (tertiary alicyclic amines) is 1. The molecule has 1 saturated heterocycles. The van der Waals surface area contributed by atoms with Crippen molar-refractivity contribution in [1.29, 1.82) is 0 Å². The summed E-state index contributed by atoms with van der Waals surface area (Å²) in [6.45, 7) is 4.38. The van der Waals surface area contributed by atoms with Crippen molar-refractivity contribution < 1.29 is 19.0 Å². The minimum Gasteiger partial charge on any atom is -0.494 e. The molecule has 1 fully saturated rings. The lowest BCUT2D eigenvalue weighted by atomic mass is 10.00. The van der Waals surface area contributed by atoms with Gasteiger partial charge in [-0.15, -0.1) is 5.10 Å². The molecule has 25 heavy (non-hydrogen) atoms. The molecule has 1 aromatic heterocycles. The van der Waals surface area contributed by atoms with Gasteiger partial charge in [0.05, 0.1) is 19.9 Å². The fourth-order valence-electron chi connectivity index (χ4n) is 2.90. The van der Waals surface area contributed by atoms with Crippen LogP contribution in [-0.2, 0) is 5.60 Å². The molecule has 0 spiro atoms. The summed E-state index contributed by atoms with van der Waals surface area (Å²) >= 11 is 0. The third-order valence-corrected chi connectivity index (χ3v) is 4.45. The Bertz CT molecular complexity index is 792. The van der Waals surface area contributed by atoms with Gasteiger partial charge in [-0.25, -0.2) is 9.07 Å². The van der Waals surface area contributed by atoms with Gasteiger partial charge in [0.1, 0.15) is 11.3 Å². The van der Waals surface area contributed by atoms with Crippen molar-refractivity contribution in [3.05, 3.63) is 41.5 Å². The van der Waals surface area contributed by atoms with E-state index in [4.69, 9.17) is 4.74 Å². The third-order valence-electron chi connectivity index (χ3n) is 4.45. The molecule has 1 N–H and O–H groups in total. The molecule has 1 aliphatic heterocycles. The van der Waals surface area contributed by atoms with Gasteiger partial charge in [-0.1, -0.05) is 5.21 Å².